The average Bonchev–Trinajstić information content (AvgIpc) is 2.72. The first-order chi connectivity index (χ1) is 10.6. The fourth-order valence-corrected chi connectivity index (χ4v) is 3.53. The van der Waals surface area contributed by atoms with E-state index in [0.29, 0.717) is 16.7 Å². The fourth-order valence-electron chi connectivity index (χ4n) is 2.36. The van der Waals surface area contributed by atoms with E-state index < -0.39 is 22.0 Å². The molecule has 2 aromatic heterocycles. The second kappa shape index (κ2) is 6.25. The Labute approximate surface area is 134 Å². The Kier molecular flexibility index (Phi) is 4.71. The molecule has 0 aliphatic rings. The van der Waals surface area contributed by atoms with Crippen molar-refractivity contribution in [3.63, 3.8) is 0 Å². The van der Waals surface area contributed by atoms with Crippen molar-refractivity contribution in [1.29, 1.82) is 0 Å². The Balaban J connectivity index is 2.39. The lowest BCUT2D eigenvalue weighted by atomic mass is 10.1. The predicted molar refractivity (Wildman–Crippen MR) is 84.4 cm³/mol. The highest BCUT2D eigenvalue weighted by Gasteiger charge is 2.27. The molecule has 23 heavy (non-hydrogen) atoms. The van der Waals surface area contributed by atoms with Crippen LogP contribution >= 0.6 is 0 Å². The molecule has 1 atom stereocenters. The predicted octanol–water partition coefficient (Wildman–Crippen LogP) is 1.05. The number of nitrogens with zero attached hydrogens (tertiary/aromatic N) is 3. The molecule has 0 fully saturated rings. The maximum atomic E-state index is 12.4. The zero-order chi connectivity index (χ0) is 17.4. The number of carboxylic acids is 1. The van der Waals surface area contributed by atoms with Crippen molar-refractivity contribution in [1.82, 2.24) is 19.5 Å². The van der Waals surface area contributed by atoms with Crippen LogP contribution in [0.15, 0.2) is 17.2 Å². The summed E-state index contributed by atoms with van der Waals surface area (Å²) in [6.07, 6.45) is 1.41. The van der Waals surface area contributed by atoms with Crippen LogP contribution in [0.2, 0.25) is 0 Å². The second-order valence-corrected chi connectivity index (χ2v) is 7.61. The van der Waals surface area contributed by atoms with E-state index in [2.05, 4.69) is 14.8 Å². The number of aliphatic carboxylic acids is 1. The van der Waals surface area contributed by atoms with Gasteiger partial charge >= 0.3 is 5.97 Å². The average molecular weight is 340 g/mol. The molecule has 2 rings (SSSR count). The number of rotatable bonds is 6. The normalized spacial score (nSPS) is 13.6. The first-order valence-electron chi connectivity index (χ1n) is 7.16. The molecule has 0 amide bonds. The van der Waals surface area contributed by atoms with E-state index >= 15 is 0 Å². The van der Waals surface area contributed by atoms with Crippen LogP contribution in [-0.4, -0.2) is 40.3 Å². The SMILES string of the molecule is Cc1nn(C)c2ncc(S(=O)(=O)N[C@@H](CC(C)C)C(=O)O)cc12. The van der Waals surface area contributed by atoms with Gasteiger partial charge in [0.15, 0.2) is 5.65 Å². The van der Waals surface area contributed by atoms with Crippen molar-refractivity contribution in [2.24, 2.45) is 13.0 Å². The number of carboxylic acid groups (broad SMARTS) is 1. The van der Waals surface area contributed by atoms with Crippen molar-refractivity contribution in [2.75, 3.05) is 0 Å². The Morgan fingerprint density at radius 1 is 1.43 bits per heavy atom. The lowest BCUT2D eigenvalue weighted by molar-refractivity contribution is -0.139. The minimum absolute atomic E-state index is 0.0416. The summed E-state index contributed by atoms with van der Waals surface area (Å²) in [5, 5.41) is 14.0. The maximum Gasteiger partial charge on any atom is 0.321 e. The Morgan fingerprint density at radius 3 is 2.65 bits per heavy atom. The summed E-state index contributed by atoms with van der Waals surface area (Å²) in [7, 11) is -2.26. The van der Waals surface area contributed by atoms with E-state index in [-0.39, 0.29) is 17.2 Å². The van der Waals surface area contributed by atoms with Crippen LogP contribution in [0, 0.1) is 12.8 Å². The van der Waals surface area contributed by atoms with E-state index in [1.165, 1.54) is 12.3 Å². The molecule has 0 aliphatic carbocycles. The van der Waals surface area contributed by atoms with Gasteiger partial charge in [0.25, 0.3) is 0 Å². The smallest absolute Gasteiger partial charge is 0.321 e. The van der Waals surface area contributed by atoms with Crippen molar-refractivity contribution < 1.29 is 18.3 Å². The van der Waals surface area contributed by atoms with Crippen LogP contribution in [0.3, 0.4) is 0 Å². The van der Waals surface area contributed by atoms with Crippen LogP contribution in [0.4, 0.5) is 0 Å². The summed E-state index contributed by atoms with van der Waals surface area (Å²) in [6, 6.07) is 0.284. The third kappa shape index (κ3) is 3.67. The van der Waals surface area contributed by atoms with Gasteiger partial charge in [0, 0.05) is 18.6 Å². The molecular weight excluding hydrogens is 320 g/mol. The summed E-state index contributed by atoms with van der Waals surface area (Å²) in [5.41, 5.74) is 1.22. The van der Waals surface area contributed by atoms with E-state index in [1.54, 1.807) is 18.7 Å². The molecule has 0 aliphatic heterocycles. The molecule has 9 heteroatoms. The molecule has 2 aromatic rings. The lowest BCUT2D eigenvalue weighted by Crippen LogP contribution is -2.41. The summed E-state index contributed by atoms with van der Waals surface area (Å²) in [5.74, 6) is -1.16. The van der Waals surface area contributed by atoms with E-state index in [0.717, 1.165) is 0 Å². The number of hydrogen-bond acceptors (Lipinski definition) is 5. The number of nitrogens with one attached hydrogen (secondary N) is 1. The second-order valence-electron chi connectivity index (χ2n) is 5.89. The van der Waals surface area contributed by atoms with Crippen LogP contribution in [0.5, 0.6) is 0 Å². The molecule has 0 unspecified atom stereocenters. The van der Waals surface area contributed by atoms with Crippen LogP contribution in [-0.2, 0) is 21.9 Å². The maximum absolute atomic E-state index is 12.4. The first kappa shape index (κ1) is 17.4. The summed E-state index contributed by atoms with van der Waals surface area (Å²) < 4.78 is 28.7. The third-order valence-corrected chi connectivity index (χ3v) is 4.89. The van der Waals surface area contributed by atoms with Crippen LogP contribution in [0.25, 0.3) is 11.0 Å². The summed E-state index contributed by atoms with van der Waals surface area (Å²) in [6.45, 7) is 5.42. The van der Waals surface area contributed by atoms with Gasteiger partial charge in [0.2, 0.25) is 10.0 Å². The van der Waals surface area contributed by atoms with Gasteiger partial charge in [-0.15, -0.1) is 0 Å². The van der Waals surface area contributed by atoms with Gasteiger partial charge in [-0.25, -0.2) is 13.4 Å². The monoisotopic (exact) mass is 340 g/mol. The standard InChI is InChI=1S/C14H20N4O4S/c1-8(2)5-12(14(19)20)17-23(21,22)10-6-11-9(3)16-18(4)13(11)15-7-10/h6-8,12,17H,5H2,1-4H3,(H,19,20)/t12-/m0/s1. The fraction of sp³-hybridized carbons (Fsp3) is 0.500. The number of hydrogen-bond donors (Lipinski definition) is 2. The highest BCUT2D eigenvalue weighted by molar-refractivity contribution is 7.89. The third-order valence-electron chi connectivity index (χ3n) is 3.45. The molecular formula is C14H20N4O4S. The minimum Gasteiger partial charge on any atom is -0.480 e. The molecule has 0 bridgehead atoms. The Hall–Kier alpha value is -2.00. The highest BCUT2D eigenvalue weighted by Crippen LogP contribution is 2.20. The number of fused-ring (bicyclic) bond motifs is 1. The zero-order valence-electron chi connectivity index (χ0n) is 13.4. The van der Waals surface area contributed by atoms with Gasteiger partial charge in [0.1, 0.15) is 10.9 Å². The van der Waals surface area contributed by atoms with Gasteiger partial charge in [-0.1, -0.05) is 13.8 Å². The van der Waals surface area contributed by atoms with E-state index in [1.807, 2.05) is 13.8 Å². The number of aromatic nitrogens is 3. The number of sulfonamides is 1. The zero-order valence-corrected chi connectivity index (χ0v) is 14.3. The molecule has 2 N–H and O–H groups in total. The first-order valence-corrected chi connectivity index (χ1v) is 8.64. The largest absolute Gasteiger partial charge is 0.480 e. The molecule has 0 aromatic carbocycles. The minimum atomic E-state index is -3.98. The van der Waals surface area contributed by atoms with Gasteiger partial charge in [-0.2, -0.15) is 9.82 Å². The Bertz CT molecular complexity index is 842. The number of pyridine rings is 1. The van der Waals surface area contributed by atoms with E-state index in [9.17, 15) is 18.3 Å². The molecule has 0 radical (unpaired) electrons. The van der Waals surface area contributed by atoms with Crippen LogP contribution in [0.1, 0.15) is 26.0 Å². The molecule has 0 saturated carbocycles. The summed E-state index contributed by atoms with van der Waals surface area (Å²) >= 11 is 0. The topological polar surface area (TPSA) is 114 Å². The molecule has 0 spiro atoms. The molecule has 0 saturated heterocycles. The lowest BCUT2D eigenvalue weighted by Gasteiger charge is -2.16. The van der Waals surface area contributed by atoms with Crippen molar-refractivity contribution in [2.45, 2.75) is 38.1 Å². The van der Waals surface area contributed by atoms with Crippen LogP contribution < -0.4 is 4.72 Å². The van der Waals surface area contributed by atoms with Gasteiger partial charge in [0.05, 0.1) is 5.69 Å². The van der Waals surface area contributed by atoms with Crippen molar-refractivity contribution >= 4 is 27.0 Å². The molecule has 8 nitrogen and oxygen atoms in total. The quantitative estimate of drug-likeness (QED) is 0.812. The van der Waals surface area contributed by atoms with E-state index in [4.69, 9.17) is 0 Å². The molecule has 126 valence electrons. The number of aryl methyl sites for hydroxylation is 2. The molecule has 2 heterocycles. The highest BCUT2D eigenvalue weighted by atomic mass is 32.2. The van der Waals surface area contributed by atoms with Gasteiger partial charge in [-0.05, 0) is 25.3 Å². The number of carbonyl (C=O) groups is 1. The van der Waals surface area contributed by atoms with Crippen molar-refractivity contribution in [3.8, 4) is 0 Å². The van der Waals surface area contributed by atoms with Crippen molar-refractivity contribution in [3.05, 3.63) is 18.0 Å². The van der Waals surface area contributed by atoms with Gasteiger partial charge < -0.3 is 5.11 Å². The summed E-state index contributed by atoms with van der Waals surface area (Å²) in [4.78, 5) is 15.3. The Morgan fingerprint density at radius 2 is 2.09 bits per heavy atom. The van der Waals surface area contributed by atoms with Gasteiger partial charge in [-0.3, -0.25) is 9.48 Å².